The topological polar surface area (TPSA) is 133 Å². The van der Waals surface area contributed by atoms with Crippen LogP contribution in [0.25, 0.3) is 0 Å². The zero-order valence-electron chi connectivity index (χ0n) is 11.1. The Kier molecular flexibility index (Phi) is 8.22. The van der Waals surface area contributed by atoms with E-state index in [9.17, 15) is 14.4 Å². The first-order valence-corrected chi connectivity index (χ1v) is 5.97. The SMILES string of the molecule is Cl.NC(CC[C@@H](N)C(=O)O)C(=O)OC(=O)c1ccccc1. The van der Waals surface area contributed by atoms with E-state index in [1.807, 2.05) is 0 Å². The summed E-state index contributed by atoms with van der Waals surface area (Å²) in [6, 6.07) is 5.80. The van der Waals surface area contributed by atoms with Crippen LogP contribution in [0.2, 0.25) is 0 Å². The van der Waals surface area contributed by atoms with E-state index in [-0.39, 0.29) is 30.8 Å². The van der Waals surface area contributed by atoms with Gasteiger partial charge in [0.05, 0.1) is 5.56 Å². The normalized spacial score (nSPS) is 12.7. The Morgan fingerprint density at radius 1 is 1.05 bits per heavy atom. The van der Waals surface area contributed by atoms with E-state index in [0.717, 1.165) is 0 Å². The maximum Gasteiger partial charge on any atom is 0.345 e. The number of carboxylic acid groups (broad SMARTS) is 1. The molecule has 1 aromatic carbocycles. The lowest BCUT2D eigenvalue weighted by Gasteiger charge is -2.11. The third-order valence-electron chi connectivity index (χ3n) is 2.61. The summed E-state index contributed by atoms with van der Waals surface area (Å²) in [4.78, 5) is 33.6. The minimum absolute atomic E-state index is 0. The van der Waals surface area contributed by atoms with E-state index >= 15 is 0 Å². The summed E-state index contributed by atoms with van der Waals surface area (Å²) in [5.41, 5.74) is 11.0. The number of hydrogen-bond donors (Lipinski definition) is 3. The van der Waals surface area contributed by atoms with Crippen molar-refractivity contribution < 1.29 is 24.2 Å². The maximum absolute atomic E-state index is 11.6. The van der Waals surface area contributed by atoms with Crippen LogP contribution in [0.4, 0.5) is 0 Å². The molecule has 1 aromatic rings. The molecule has 0 saturated carbocycles. The molecule has 0 aliphatic heterocycles. The van der Waals surface area contributed by atoms with Crippen molar-refractivity contribution in [3.05, 3.63) is 35.9 Å². The monoisotopic (exact) mass is 316 g/mol. The van der Waals surface area contributed by atoms with Gasteiger partial charge in [-0.2, -0.15) is 0 Å². The molecule has 5 N–H and O–H groups in total. The molecule has 0 fully saturated rings. The fraction of sp³-hybridized carbons (Fsp3) is 0.308. The van der Waals surface area contributed by atoms with Gasteiger partial charge < -0.3 is 21.3 Å². The number of nitrogens with two attached hydrogens (primary N) is 2. The van der Waals surface area contributed by atoms with Crippen molar-refractivity contribution in [1.82, 2.24) is 0 Å². The molecule has 8 heteroatoms. The number of halogens is 1. The van der Waals surface area contributed by atoms with Gasteiger partial charge in [0.1, 0.15) is 12.1 Å². The van der Waals surface area contributed by atoms with Crippen LogP contribution in [-0.2, 0) is 14.3 Å². The lowest BCUT2D eigenvalue weighted by molar-refractivity contribution is -0.141. The van der Waals surface area contributed by atoms with E-state index < -0.39 is 30.0 Å². The molecule has 0 amide bonds. The smallest absolute Gasteiger partial charge is 0.345 e. The fourth-order valence-electron chi connectivity index (χ4n) is 1.40. The molecular formula is C13H17ClN2O5. The molecule has 21 heavy (non-hydrogen) atoms. The molecule has 7 nitrogen and oxygen atoms in total. The van der Waals surface area contributed by atoms with Crippen LogP contribution in [0.15, 0.2) is 30.3 Å². The summed E-state index contributed by atoms with van der Waals surface area (Å²) >= 11 is 0. The predicted molar refractivity (Wildman–Crippen MR) is 76.9 cm³/mol. The Morgan fingerprint density at radius 2 is 1.57 bits per heavy atom. The van der Waals surface area contributed by atoms with Gasteiger partial charge in [-0.3, -0.25) is 4.79 Å². The Bertz CT molecular complexity index is 495. The average Bonchev–Trinajstić information content (AvgIpc) is 2.44. The molecule has 116 valence electrons. The van der Waals surface area contributed by atoms with Crippen molar-refractivity contribution in [2.75, 3.05) is 0 Å². The van der Waals surface area contributed by atoms with Gasteiger partial charge in [0.15, 0.2) is 0 Å². The van der Waals surface area contributed by atoms with Gasteiger partial charge in [0.2, 0.25) is 0 Å². The standard InChI is InChI=1S/C13H16N2O5.ClH/c14-9(11(16)17)6-7-10(15)13(19)20-12(18)8-4-2-1-3-5-8;/h1-5,9-10H,6-7,14-15H2,(H,16,17);1H/t9-,10?;/m1./s1. The lowest BCUT2D eigenvalue weighted by Crippen LogP contribution is -2.37. The molecule has 1 rings (SSSR count). The number of carbonyl (C=O) groups is 3. The van der Waals surface area contributed by atoms with E-state index in [2.05, 4.69) is 4.74 Å². The van der Waals surface area contributed by atoms with Crippen LogP contribution < -0.4 is 11.5 Å². The summed E-state index contributed by atoms with van der Waals surface area (Å²) in [5.74, 6) is -2.88. The van der Waals surface area contributed by atoms with Crippen molar-refractivity contribution in [2.24, 2.45) is 11.5 Å². The van der Waals surface area contributed by atoms with Crippen molar-refractivity contribution in [2.45, 2.75) is 24.9 Å². The summed E-state index contributed by atoms with van der Waals surface area (Å²) in [6.07, 6.45) is 0.0412. The minimum atomic E-state index is -1.18. The first-order chi connectivity index (χ1) is 9.41. The summed E-state index contributed by atoms with van der Waals surface area (Å²) < 4.78 is 4.60. The summed E-state index contributed by atoms with van der Waals surface area (Å²) in [6.45, 7) is 0. The maximum atomic E-state index is 11.6. The number of aliphatic carboxylic acids is 1. The van der Waals surface area contributed by atoms with Crippen molar-refractivity contribution in [1.29, 1.82) is 0 Å². The summed E-state index contributed by atoms with van der Waals surface area (Å²) in [5, 5.41) is 8.59. The van der Waals surface area contributed by atoms with E-state index in [0.29, 0.717) is 0 Å². The highest BCUT2D eigenvalue weighted by atomic mass is 35.5. The number of benzene rings is 1. The predicted octanol–water partition coefficient (Wildman–Crippen LogP) is 0.311. The molecule has 0 saturated heterocycles. The second kappa shape index (κ2) is 9.06. The highest BCUT2D eigenvalue weighted by Crippen LogP contribution is 2.05. The average molecular weight is 317 g/mol. The molecule has 0 aliphatic rings. The second-order valence-corrected chi connectivity index (χ2v) is 4.20. The van der Waals surface area contributed by atoms with Crippen LogP contribution in [0.1, 0.15) is 23.2 Å². The van der Waals surface area contributed by atoms with Crippen LogP contribution in [0.3, 0.4) is 0 Å². The Hall–Kier alpha value is -1.96. The highest BCUT2D eigenvalue weighted by Gasteiger charge is 2.22. The zero-order valence-corrected chi connectivity index (χ0v) is 11.9. The lowest BCUT2D eigenvalue weighted by atomic mass is 10.1. The van der Waals surface area contributed by atoms with Gasteiger partial charge in [0.25, 0.3) is 0 Å². The van der Waals surface area contributed by atoms with Crippen molar-refractivity contribution in [3.8, 4) is 0 Å². The Morgan fingerprint density at radius 3 is 2.10 bits per heavy atom. The highest BCUT2D eigenvalue weighted by molar-refractivity contribution is 5.98. The van der Waals surface area contributed by atoms with E-state index in [4.69, 9.17) is 16.6 Å². The Balaban J connectivity index is 0.00000400. The van der Waals surface area contributed by atoms with E-state index in [1.165, 1.54) is 12.1 Å². The van der Waals surface area contributed by atoms with Gasteiger partial charge in [-0.05, 0) is 25.0 Å². The van der Waals surface area contributed by atoms with E-state index in [1.54, 1.807) is 18.2 Å². The second-order valence-electron chi connectivity index (χ2n) is 4.20. The van der Waals surface area contributed by atoms with Gasteiger partial charge in [0, 0.05) is 0 Å². The zero-order chi connectivity index (χ0) is 15.1. The minimum Gasteiger partial charge on any atom is -0.480 e. The van der Waals surface area contributed by atoms with Crippen molar-refractivity contribution in [3.63, 3.8) is 0 Å². The Labute approximate surface area is 127 Å². The molecule has 0 heterocycles. The number of esters is 2. The summed E-state index contributed by atoms with van der Waals surface area (Å²) in [7, 11) is 0. The molecule has 0 bridgehead atoms. The van der Waals surface area contributed by atoms with Gasteiger partial charge in [-0.25, -0.2) is 9.59 Å². The number of carboxylic acids is 1. The first kappa shape index (κ1) is 19.0. The molecule has 0 aromatic heterocycles. The van der Waals surface area contributed by atoms with Crippen molar-refractivity contribution >= 4 is 30.3 Å². The molecule has 1 unspecified atom stereocenters. The molecule has 0 radical (unpaired) electrons. The molecule has 2 atom stereocenters. The van der Waals surface area contributed by atoms with Gasteiger partial charge >= 0.3 is 17.9 Å². The third kappa shape index (κ3) is 6.35. The molecular weight excluding hydrogens is 300 g/mol. The van der Waals surface area contributed by atoms with Crippen LogP contribution in [0, 0.1) is 0 Å². The number of rotatable bonds is 6. The van der Waals surface area contributed by atoms with Gasteiger partial charge in [-0.15, -0.1) is 12.4 Å². The quantitative estimate of drug-likeness (QED) is 0.508. The molecule has 0 aliphatic carbocycles. The number of ether oxygens (including phenoxy) is 1. The third-order valence-corrected chi connectivity index (χ3v) is 2.61. The van der Waals surface area contributed by atoms with Crippen LogP contribution in [-0.4, -0.2) is 35.1 Å². The number of hydrogen-bond acceptors (Lipinski definition) is 6. The largest absolute Gasteiger partial charge is 0.480 e. The first-order valence-electron chi connectivity index (χ1n) is 5.97. The van der Waals surface area contributed by atoms with Crippen LogP contribution in [0.5, 0.6) is 0 Å². The van der Waals surface area contributed by atoms with Crippen LogP contribution >= 0.6 is 12.4 Å². The molecule has 0 spiro atoms. The fourth-order valence-corrected chi connectivity index (χ4v) is 1.40. The van der Waals surface area contributed by atoms with Gasteiger partial charge in [-0.1, -0.05) is 18.2 Å². The number of carbonyl (C=O) groups excluding carboxylic acids is 2.